The van der Waals surface area contributed by atoms with Gasteiger partial charge in [-0.15, -0.1) is 0 Å². The van der Waals surface area contributed by atoms with Gasteiger partial charge in [-0.2, -0.15) is 8.42 Å². The predicted octanol–water partition coefficient (Wildman–Crippen LogP) is 0.432. The van der Waals surface area contributed by atoms with Crippen LogP contribution in [0.15, 0.2) is 30.3 Å². The minimum atomic E-state index is -3.98. The van der Waals surface area contributed by atoms with Crippen LogP contribution < -0.4 is 9.03 Å². The Balaban J connectivity index is 2.21. The maximum absolute atomic E-state index is 11.8. The lowest BCUT2D eigenvalue weighted by atomic mass is 10.1. The smallest absolute Gasteiger partial charge is 0.326 e. The van der Waals surface area contributed by atoms with Crippen LogP contribution in [0, 0.1) is 0 Å². The molecule has 2 aromatic rings. The van der Waals surface area contributed by atoms with Crippen molar-refractivity contribution in [3.8, 4) is 11.5 Å². The summed E-state index contributed by atoms with van der Waals surface area (Å²) in [5, 5.41) is 20.6. The fraction of sp³-hybridized carbons (Fsp3) is 0.0833. The number of hydrogen-bond donors (Lipinski definition) is 3. The van der Waals surface area contributed by atoms with Crippen LogP contribution >= 0.6 is 0 Å². The number of carbonyl (C=O) groups excluding carboxylic acids is 1. The highest BCUT2D eigenvalue weighted by atomic mass is 32.2. The van der Waals surface area contributed by atoms with E-state index in [1.807, 2.05) is 4.72 Å². The normalized spacial score (nSPS) is 17.4. The number of carbonyl (C=O) groups is 1. The Morgan fingerprint density at radius 1 is 1.10 bits per heavy atom. The molecule has 20 heavy (non-hydrogen) atoms. The molecule has 3 rings (SSSR count). The van der Waals surface area contributed by atoms with Crippen LogP contribution in [0.1, 0.15) is 0 Å². The molecule has 0 aliphatic carbocycles. The molecule has 1 fully saturated rings. The van der Waals surface area contributed by atoms with Gasteiger partial charge in [0.05, 0.1) is 5.69 Å². The zero-order chi connectivity index (χ0) is 14.5. The zero-order valence-electron chi connectivity index (χ0n) is 10.1. The first-order chi connectivity index (χ1) is 9.37. The number of aromatic hydroxyl groups is 2. The number of rotatable bonds is 1. The maximum Gasteiger partial charge on any atom is 0.326 e. The van der Waals surface area contributed by atoms with Crippen LogP contribution in [0.3, 0.4) is 0 Å². The number of nitrogens with one attached hydrogen (secondary N) is 1. The van der Waals surface area contributed by atoms with Gasteiger partial charge >= 0.3 is 10.2 Å². The van der Waals surface area contributed by atoms with Crippen LogP contribution in [-0.2, 0) is 15.0 Å². The third-order valence-corrected chi connectivity index (χ3v) is 4.40. The topological polar surface area (TPSA) is 107 Å². The number of hydrogen-bond acceptors (Lipinski definition) is 5. The molecule has 1 aliphatic heterocycles. The Bertz CT molecular complexity index is 831. The molecule has 1 saturated heterocycles. The number of anilines is 1. The summed E-state index contributed by atoms with van der Waals surface area (Å²) in [7, 11) is -3.98. The number of benzene rings is 2. The number of phenolic OH excluding ortho intramolecular Hbond substituents is 2. The van der Waals surface area contributed by atoms with Crippen molar-refractivity contribution in [1.29, 1.82) is 0 Å². The molecule has 3 N–H and O–H groups in total. The highest BCUT2D eigenvalue weighted by molar-refractivity contribution is 7.92. The van der Waals surface area contributed by atoms with Crippen LogP contribution in [0.4, 0.5) is 5.69 Å². The monoisotopic (exact) mass is 294 g/mol. The Morgan fingerprint density at radius 2 is 1.85 bits per heavy atom. The molecule has 0 spiro atoms. The summed E-state index contributed by atoms with van der Waals surface area (Å²) in [4.78, 5) is 11.2. The van der Waals surface area contributed by atoms with Crippen LogP contribution in [0.25, 0.3) is 10.8 Å². The van der Waals surface area contributed by atoms with Gasteiger partial charge in [-0.25, -0.2) is 9.03 Å². The molecule has 1 heterocycles. The molecule has 7 nitrogen and oxygen atoms in total. The second-order valence-electron chi connectivity index (χ2n) is 4.41. The van der Waals surface area contributed by atoms with Crippen molar-refractivity contribution in [2.24, 2.45) is 0 Å². The van der Waals surface area contributed by atoms with Crippen molar-refractivity contribution in [2.75, 3.05) is 10.8 Å². The first-order valence-electron chi connectivity index (χ1n) is 5.66. The molecule has 0 saturated carbocycles. The van der Waals surface area contributed by atoms with E-state index >= 15 is 0 Å². The first kappa shape index (κ1) is 12.5. The van der Waals surface area contributed by atoms with Gasteiger partial charge in [-0.1, -0.05) is 6.07 Å². The SMILES string of the molecule is O=C1CN(c2cc3cc(O)ccc3cc2O)S(=O)(=O)N1. The summed E-state index contributed by atoms with van der Waals surface area (Å²) >= 11 is 0. The van der Waals surface area contributed by atoms with E-state index in [1.165, 1.54) is 24.3 Å². The lowest BCUT2D eigenvalue weighted by Gasteiger charge is -2.16. The largest absolute Gasteiger partial charge is 0.508 e. The van der Waals surface area contributed by atoms with Crippen molar-refractivity contribution >= 4 is 32.6 Å². The number of amides is 1. The second-order valence-corrected chi connectivity index (χ2v) is 6.00. The Labute approximate surface area is 114 Å². The molecule has 2 aromatic carbocycles. The van der Waals surface area contributed by atoms with E-state index in [0.717, 1.165) is 4.31 Å². The van der Waals surface area contributed by atoms with Crippen molar-refractivity contribution in [3.05, 3.63) is 30.3 Å². The summed E-state index contributed by atoms with van der Waals surface area (Å²) in [6.45, 7) is -0.389. The van der Waals surface area contributed by atoms with E-state index in [9.17, 15) is 23.4 Å². The average molecular weight is 294 g/mol. The van der Waals surface area contributed by atoms with Gasteiger partial charge in [-0.3, -0.25) is 4.79 Å². The zero-order valence-corrected chi connectivity index (χ0v) is 10.9. The van der Waals surface area contributed by atoms with Gasteiger partial charge in [0, 0.05) is 0 Å². The van der Waals surface area contributed by atoms with Crippen molar-refractivity contribution < 1.29 is 23.4 Å². The van der Waals surface area contributed by atoms with Gasteiger partial charge in [0.1, 0.15) is 18.0 Å². The molecule has 0 unspecified atom stereocenters. The lowest BCUT2D eigenvalue weighted by molar-refractivity contribution is -0.117. The molecule has 0 aromatic heterocycles. The van der Waals surface area contributed by atoms with Crippen LogP contribution in [-0.4, -0.2) is 31.1 Å². The summed E-state index contributed by atoms with van der Waals surface area (Å²) in [6.07, 6.45) is 0. The Hall–Kier alpha value is -2.48. The first-order valence-corrected chi connectivity index (χ1v) is 7.10. The predicted molar refractivity (Wildman–Crippen MR) is 71.7 cm³/mol. The fourth-order valence-corrected chi connectivity index (χ4v) is 3.28. The van der Waals surface area contributed by atoms with Crippen LogP contribution in [0.2, 0.25) is 0 Å². The maximum atomic E-state index is 11.8. The molecule has 0 bridgehead atoms. The van der Waals surface area contributed by atoms with Gasteiger partial charge < -0.3 is 10.2 Å². The van der Waals surface area contributed by atoms with Gasteiger partial charge in [0.15, 0.2) is 0 Å². The average Bonchev–Trinajstić information content (AvgIpc) is 2.62. The third-order valence-electron chi connectivity index (χ3n) is 3.01. The van der Waals surface area contributed by atoms with E-state index in [2.05, 4.69) is 0 Å². The third kappa shape index (κ3) is 1.90. The number of fused-ring (bicyclic) bond motifs is 1. The quantitative estimate of drug-likeness (QED) is 0.707. The van der Waals surface area contributed by atoms with E-state index in [4.69, 9.17) is 0 Å². The molecule has 8 heteroatoms. The standard InChI is InChI=1S/C12H10N2O5S/c15-9-2-1-7-5-11(16)10(4-8(7)3-9)14-6-12(17)13-20(14,18)19/h1-5,15-16H,6H2,(H,13,17). The minimum absolute atomic E-state index is 0.0125. The lowest BCUT2D eigenvalue weighted by Crippen LogP contribution is -2.29. The van der Waals surface area contributed by atoms with E-state index in [-0.39, 0.29) is 23.7 Å². The van der Waals surface area contributed by atoms with Gasteiger partial charge in [-0.05, 0) is 35.0 Å². The number of phenols is 2. The van der Waals surface area contributed by atoms with Crippen molar-refractivity contribution in [1.82, 2.24) is 4.72 Å². The number of nitrogens with zero attached hydrogens (tertiary/aromatic N) is 1. The fourth-order valence-electron chi connectivity index (χ4n) is 2.12. The summed E-state index contributed by atoms with van der Waals surface area (Å²) in [5.74, 6) is -0.906. The highest BCUT2D eigenvalue weighted by Gasteiger charge is 2.35. The van der Waals surface area contributed by atoms with Gasteiger partial charge in [0.25, 0.3) is 5.91 Å². The molecule has 0 radical (unpaired) electrons. The van der Waals surface area contributed by atoms with Crippen molar-refractivity contribution in [3.63, 3.8) is 0 Å². The van der Waals surface area contributed by atoms with Gasteiger partial charge in [0.2, 0.25) is 0 Å². The second kappa shape index (κ2) is 4.01. The van der Waals surface area contributed by atoms with E-state index in [0.29, 0.717) is 10.8 Å². The molecular weight excluding hydrogens is 284 g/mol. The molecular formula is C12H10N2O5S. The minimum Gasteiger partial charge on any atom is -0.508 e. The van der Waals surface area contributed by atoms with E-state index < -0.39 is 16.1 Å². The molecule has 1 amide bonds. The summed E-state index contributed by atoms with van der Waals surface area (Å²) in [5.41, 5.74) is -0.0125. The van der Waals surface area contributed by atoms with E-state index in [1.54, 1.807) is 6.07 Å². The Kier molecular flexibility index (Phi) is 2.51. The summed E-state index contributed by atoms with van der Waals surface area (Å²) in [6, 6.07) is 7.27. The summed E-state index contributed by atoms with van der Waals surface area (Å²) < 4.78 is 26.1. The highest BCUT2D eigenvalue weighted by Crippen LogP contribution is 2.35. The molecule has 1 aliphatic rings. The molecule has 104 valence electrons. The van der Waals surface area contributed by atoms with Crippen molar-refractivity contribution in [2.45, 2.75) is 0 Å². The van der Waals surface area contributed by atoms with Crippen LogP contribution in [0.5, 0.6) is 11.5 Å². The molecule has 0 atom stereocenters. The Morgan fingerprint density at radius 3 is 2.50 bits per heavy atom.